The maximum Gasteiger partial charge on any atom is 0.260 e. The molecule has 0 aliphatic rings. The second kappa shape index (κ2) is 7.07. The van der Waals surface area contributed by atoms with Gasteiger partial charge in [0.25, 0.3) is 5.91 Å². The molecule has 0 atom stereocenters. The second-order valence-corrected chi connectivity index (χ2v) is 6.38. The highest BCUT2D eigenvalue weighted by Gasteiger charge is 2.13. The molecule has 4 rings (SSSR count). The van der Waals surface area contributed by atoms with E-state index in [0.29, 0.717) is 38.9 Å². The number of carbonyl (C=O) groups excluding carboxylic acids is 1. The van der Waals surface area contributed by atoms with Gasteiger partial charge in [-0.05, 0) is 43.3 Å². The van der Waals surface area contributed by atoms with E-state index in [0.717, 1.165) is 0 Å². The van der Waals surface area contributed by atoms with Crippen LogP contribution in [0.3, 0.4) is 0 Å². The molecule has 4 aromatic rings. The Balaban J connectivity index is 1.71. The number of benzene rings is 2. The average Bonchev–Trinajstić information content (AvgIpc) is 3.15. The highest BCUT2D eigenvalue weighted by Crippen LogP contribution is 2.18. The van der Waals surface area contributed by atoms with Gasteiger partial charge in [0.05, 0.1) is 16.7 Å². The van der Waals surface area contributed by atoms with Crippen LogP contribution in [0.4, 0.5) is 0 Å². The summed E-state index contributed by atoms with van der Waals surface area (Å²) < 4.78 is 6.46. The van der Waals surface area contributed by atoms with Gasteiger partial charge in [0.1, 0.15) is 12.2 Å². The van der Waals surface area contributed by atoms with Gasteiger partial charge in [-0.2, -0.15) is 5.10 Å². The molecule has 0 aliphatic heterocycles. The van der Waals surface area contributed by atoms with Crippen LogP contribution >= 0.6 is 0 Å². The number of hydrogen-bond donors (Lipinski definition) is 1. The summed E-state index contributed by atoms with van der Waals surface area (Å²) in [5, 5.41) is 12.7. The maximum atomic E-state index is 12.7. The Kier molecular flexibility index (Phi) is 4.44. The number of aromatic nitrogens is 3. The van der Waals surface area contributed by atoms with E-state index in [2.05, 4.69) is 25.5 Å². The van der Waals surface area contributed by atoms with Crippen molar-refractivity contribution in [3.05, 3.63) is 70.1 Å². The first-order valence-corrected chi connectivity index (χ1v) is 8.69. The summed E-state index contributed by atoms with van der Waals surface area (Å²) in [6, 6.07) is 14.5. The quantitative estimate of drug-likeness (QED) is 0.335. The summed E-state index contributed by atoms with van der Waals surface area (Å²) in [5.74, 6) is -0.326. The zero-order valence-corrected chi connectivity index (χ0v) is 15.3. The number of hydrogen-bond acceptors (Lipinski definition) is 6. The molecule has 28 heavy (non-hydrogen) atoms. The lowest BCUT2D eigenvalue weighted by Crippen LogP contribution is -2.26. The molecule has 2 heterocycles. The third-order valence-electron chi connectivity index (χ3n) is 4.52. The average molecular weight is 375 g/mol. The standard InChI is InChI=1S/C20H17N5O3/c1-12(19-13(2)23-28-24-19)21-22-18(26)11-25-16-9-5-3-7-14(16)20(27)15-8-4-6-10-17(15)25/h3-10H,11H2,1-2H3,(H,22,26). The Bertz CT molecular complexity index is 1230. The van der Waals surface area contributed by atoms with Crippen LogP contribution in [0, 0.1) is 6.92 Å². The van der Waals surface area contributed by atoms with Crippen molar-refractivity contribution in [2.75, 3.05) is 0 Å². The summed E-state index contributed by atoms with van der Waals surface area (Å²) in [6.45, 7) is 3.45. The van der Waals surface area contributed by atoms with Crippen LogP contribution in [0.15, 0.2) is 63.1 Å². The van der Waals surface area contributed by atoms with Gasteiger partial charge in [-0.15, -0.1) is 0 Å². The number of nitrogens with one attached hydrogen (secondary N) is 1. The lowest BCUT2D eigenvalue weighted by Gasteiger charge is -2.14. The molecule has 0 saturated heterocycles. The number of fused-ring (bicyclic) bond motifs is 2. The summed E-state index contributed by atoms with van der Waals surface area (Å²) in [5.41, 5.74) is 5.43. The summed E-state index contributed by atoms with van der Waals surface area (Å²) in [6.07, 6.45) is 0. The van der Waals surface area contributed by atoms with Crippen LogP contribution in [0.1, 0.15) is 18.3 Å². The van der Waals surface area contributed by atoms with Crippen molar-refractivity contribution in [2.45, 2.75) is 20.4 Å². The van der Waals surface area contributed by atoms with Crippen molar-refractivity contribution in [3.8, 4) is 0 Å². The van der Waals surface area contributed by atoms with E-state index in [1.54, 1.807) is 26.0 Å². The van der Waals surface area contributed by atoms with Crippen LogP contribution in [-0.4, -0.2) is 26.5 Å². The highest BCUT2D eigenvalue weighted by atomic mass is 16.6. The number of para-hydroxylation sites is 2. The number of hydrazone groups is 1. The minimum absolute atomic E-state index is 0.00807. The second-order valence-electron chi connectivity index (χ2n) is 6.38. The number of amides is 1. The lowest BCUT2D eigenvalue weighted by molar-refractivity contribution is -0.121. The van der Waals surface area contributed by atoms with Gasteiger partial charge in [-0.25, -0.2) is 10.1 Å². The van der Waals surface area contributed by atoms with E-state index in [1.807, 2.05) is 41.0 Å². The predicted molar refractivity (Wildman–Crippen MR) is 105 cm³/mol. The Morgan fingerprint density at radius 1 is 1.07 bits per heavy atom. The Labute approximate surface area is 159 Å². The van der Waals surface area contributed by atoms with Crippen LogP contribution in [-0.2, 0) is 11.3 Å². The van der Waals surface area contributed by atoms with Crippen LogP contribution < -0.4 is 10.9 Å². The summed E-state index contributed by atoms with van der Waals surface area (Å²) >= 11 is 0. The van der Waals surface area contributed by atoms with Crippen LogP contribution in [0.5, 0.6) is 0 Å². The molecule has 140 valence electrons. The minimum atomic E-state index is -0.326. The van der Waals surface area contributed by atoms with Crippen molar-refractivity contribution >= 4 is 33.4 Å². The van der Waals surface area contributed by atoms with Gasteiger partial charge in [0.2, 0.25) is 0 Å². The van der Waals surface area contributed by atoms with E-state index in [9.17, 15) is 9.59 Å². The number of aryl methyl sites for hydroxylation is 1. The molecule has 2 aromatic carbocycles. The van der Waals surface area contributed by atoms with E-state index in [1.165, 1.54) is 0 Å². The molecule has 0 radical (unpaired) electrons. The first kappa shape index (κ1) is 17.6. The molecule has 0 spiro atoms. The van der Waals surface area contributed by atoms with Crippen LogP contribution in [0.2, 0.25) is 0 Å². The number of rotatable bonds is 4. The predicted octanol–water partition coefficient (Wildman–Crippen LogP) is 2.39. The molecule has 0 fully saturated rings. The van der Waals surface area contributed by atoms with E-state index >= 15 is 0 Å². The number of carbonyl (C=O) groups is 1. The van der Waals surface area contributed by atoms with E-state index < -0.39 is 0 Å². The van der Waals surface area contributed by atoms with Gasteiger partial charge in [0, 0.05) is 10.8 Å². The highest BCUT2D eigenvalue weighted by molar-refractivity contribution is 5.98. The van der Waals surface area contributed by atoms with Gasteiger partial charge in [0.15, 0.2) is 11.1 Å². The fourth-order valence-corrected chi connectivity index (χ4v) is 3.18. The van der Waals surface area contributed by atoms with Crippen molar-refractivity contribution in [3.63, 3.8) is 0 Å². The fourth-order valence-electron chi connectivity index (χ4n) is 3.18. The molecule has 0 saturated carbocycles. The van der Waals surface area contributed by atoms with Gasteiger partial charge >= 0.3 is 0 Å². The maximum absolute atomic E-state index is 12.7. The monoisotopic (exact) mass is 375 g/mol. The molecule has 0 bridgehead atoms. The Morgan fingerprint density at radius 3 is 2.25 bits per heavy atom. The molecule has 8 heteroatoms. The van der Waals surface area contributed by atoms with Gasteiger partial charge in [-0.1, -0.05) is 29.4 Å². The van der Waals surface area contributed by atoms with E-state index in [4.69, 9.17) is 0 Å². The zero-order valence-electron chi connectivity index (χ0n) is 15.3. The lowest BCUT2D eigenvalue weighted by atomic mass is 10.1. The van der Waals surface area contributed by atoms with Crippen molar-refractivity contribution in [1.82, 2.24) is 20.3 Å². The minimum Gasteiger partial charge on any atom is -0.331 e. The van der Waals surface area contributed by atoms with Gasteiger partial charge < -0.3 is 4.57 Å². The summed E-state index contributed by atoms with van der Waals surface area (Å²) in [4.78, 5) is 25.3. The third kappa shape index (κ3) is 3.05. The first-order chi connectivity index (χ1) is 13.6. The van der Waals surface area contributed by atoms with Crippen molar-refractivity contribution in [1.29, 1.82) is 0 Å². The Morgan fingerprint density at radius 2 is 1.68 bits per heavy atom. The number of pyridine rings is 1. The summed E-state index contributed by atoms with van der Waals surface area (Å²) in [7, 11) is 0. The van der Waals surface area contributed by atoms with Crippen molar-refractivity contribution in [2.24, 2.45) is 5.10 Å². The number of nitrogens with zero attached hydrogens (tertiary/aromatic N) is 4. The van der Waals surface area contributed by atoms with Crippen molar-refractivity contribution < 1.29 is 9.42 Å². The normalized spacial score (nSPS) is 11.9. The molecule has 2 aromatic heterocycles. The molecule has 0 unspecified atom stereocenters. The largest absolute Gasteiger partial charge is 0.331 e. The topological polar surface area (TPSA) is 102 Å². The molecule has 1 amide bonds. The smallest absolute Gasteiger partial charge is 0.260 e. The SMILES string of the molecule is CC(=NNC(=O)Cn1c2ccccc2c(=O)c2ccccc21)c1nonc1C. The molecule has 0 aliphatic carbocycles. The third-order valence-corrected chi connectivity index (χ3v) is 4.52. The first-order valence-electron chi connectivity index (χ1n) is 8.69. The zero-order chi connectivity index (χ0) is 19.7. The Hall–Kier alpha value is -3.81. The van der Waals surface area contributed by atoms with E-state index in [-0.39, 0.29) is 17.9 Å². The van der Waals surface area contributed by atoms with Gasteiger partial charge in [-0.3, -0.25) is 9.59 Å². The molecular weight excluding hydrogens is 358 g/mol. The molecule has 1 N–H and O–H groups in total. The van der Waals surface area contributed by atoms with Crippen LogP contribution in [0.25, 0.3) is 21.8 Å². The molecule has 8 nitrogen and oxygen atoms in total. The molecular formula is C20H17N5O3. The fraction of sp³-hybridized carbons (Fsp3) is 0.150.